The van der Waals surface area contributed by atoms with Crippen LogP contribution in [0, 0.1) is 0 Å². The minimum Gasteiger partial charge on any atom is -0.310 e. The zero-order valence-corrected chi connectivity index (χ0v) is 17.0. The van der Waals surface area contributed by atoms with E-state index in [0.29, 0.717) is 19.1 Å². The molecule has 1 aliphatic heterocycles. The van der Waals surface area contributed by atoms with Crippen molar-refractivity contribution in [2.45, 2.75) is 38.1 Å². The largest absolute Gasteiger partial charge is 0.433 e. The molecule has 0 saturated carbocycles. The Balaban J connectivity index is 0.00000289. The Morgan fingerprint density at radius 3 is 2.58 bits per heavy atom. The summed E-state index contributed by atoms with van der Waals surface area (Å²) in [6.45, 7) is 3.69. The number of rotatable bonds is 6. The van der Waals surface area contributed by atoms with Gasteiger partial charge in [0.15, 0.2) is 0 Å². The molecule has 0 radical (unpaired) electrons. The maximum Gasteiger partial charge on any atom is 0.433 e. The smallest absolute Gasteiger partial charge is 0.310 e. The molecule has 0 unspecified atom stereocenters. The van der Waals surface area contributed by atoms with Crippen molar-refractivity contribution >= 4 is 11.0 Å². The summed E-state index contributed by atoms with van der Waals surface area (Å²) in [4.78, 5) is 22.4. The maximum atomic E-state index is 12.6. The first-order valence-corrected chi connectivity index (χ1v) is 10.3. The van der Waals surface area contributed by atoms with Crippen LogP contribution in [0.25, 0.3) is 11.0 Å². The fourth-order valence-electron chi connectivity index (χ4n) is 3.92. The lowest BCUT2D eigenvalue weighted by Gasteiger charge is -2.32. The Labute approximate surface area is 179 Å². The number of piperidine rings is 1. The molecule has 0 aliphatic carbocycles. The Morgan fingerprint density at radius 2 is 1.87 bits per heavy atom. The van der Waals surface area contributed by atoms with Crippen molar-refractivity contribution < 1.29 is 14.6 Å². The highest BCUT2D eigenvalue weighted by Gasteiger charge is 2.32. The van der Waals surface area contributed by atoms with E-state index in [1.807, 2.05) is 12.1 Å². The fourth-order valence-corrected chi connectivity index (χ4v) is 3.92. The second kappa shape index (κ2) is 9.15. The predicted molar refractivity (Wildman–Crippen MR) is 114 cm³/mol. The normalized spacial score (nSPS) is 16.1. The average Bonchev–Trinajstić information content (AvgIpc) is 2.77. The lowest BCUT2D eigenvalue weighted by Crippen LogP contribution is -2.43. The van der Waals surface area contributed by atoms with Crippen LogP contribution >= 0.6 is 0 Å². The molecule has 4 rings (SSSR count). The maximum absolute atomic E-state index is 12.6. The number of hydrogen-bond donors (Lipinski definition) is 1. The number of halogens is 3. The lowest BCUT2D eigenvalue weighted by atomic mass is 10.0. The minimum absolute atomic E-state index is 0. The molecule has 3 aromatic rings. The van der Waals surface area contributed by atoms with Gasteiger partial charge in [0.1, 0.15) is 5.69 Å². The summed E-state index contributed by atoms with van der Waals surface area (Å²) in [5.74, 6) is 0. The van der Waals surface area contributed by atoms with Gasteiger partial charge in [-0.15, -0.1) is 0 Å². The second-order valence-corrected chi connectivity index (χ2v) is 7.78. The minimum atomic E-state index is -4.41. The number of likely N-dealkylation sites (tertiary alicyclic amines) is 1. The molecule has 166 valence electrons. The van der Waals surface area contributed by atoms with Gasteiger partial charge < -0.3 is 14.8 Å². The van der Waals surface area contributed by atoms with Crippen molar-refractivity contribution in [1.29, 1.82) is 0 Å². The molecular formula is C22H26F3N5O. The van der Waals surface area contributed by atoms with E-state index >= 15 is 0 Å². The molecule has 31 heavy (non-hydrogen) atoms. The summed E-state index contributed by atoms with van der Waals surface area (Å²) in [7, 11) is 0. The van der Waals surface area contributed by atoms with Gasteiger partial charge in [-0.25, -0.2) is 0 Å². The molecule has 4 heterocycles. The summed E-state index contributed by atoms with van der Waals surface area (Å²) in [6, 6.07) is 9.85. The topological polar surface area (TPSA) is 63.1 Å². The molecule has 6 nitrogen and oxygen atoms in total. The van der Waals surface area contributed by atoms with Gasteiger partial charge in [0, 0.05) is 45.6 Å². The van der Waals surface area contributed by atoms with Crippen LogP contribution in [0.4, 0.5) is 13.2 Å². The van der Waals surface area contributed by atoms with Gasteiger partial charge in [-0.3, -0.25) is 14.8 Å². The summed E-state index contributed by atoms with van der Waals surface area (Å²) >= 11 is 0. The number of hydrogen-bond acceptors (Lipinski definition) is 5. The van der Waals surface area contributed by atoms with Crippen LogP contribution in [0.3, 0.4) is 0 Å². The van der Waals surface area contributed by atoms with Crippen LogP contribution in [-0.4, -0.2) is 45.1 Å². The highest BCUT2D eigenvalue weighted by Crippen LogP contribution is 2.27. The van der Waals surface area contributed by atoms with E-state index in [1.165, 1.54) is 12.3 Å². The molecule has 0 bridgehead atoms. The standard InChI is InChI=1S/C22H24F3N5O.H2/c23-22(24,25)20-5-3-16(15-28-20)14-27-17-7-10-29(11-8-17)12-13-30-19-2-1-9-26-18(19)4-6-21(30)31;/h1-6,9,15,17,27H,7-8,10-14H2;1H. The first kappa shape index (κ1) is 21.5. The molecule has 0 aromatic carbocycles. The van der Waals surface area contributed by atoms with Crippen LogP contribution in [-0.2, 0) is 19.3 Å². The van der Waals surface area contributed by atoms with Gasteiger partial charge in [0.05, 0.1) is 11.0 Å². The van der Waals surface area contributed by atoms with Crippen molar-refractivity contribution in [3.63, 3.8) is 0 Å². The van der Waals surface area contributed by atoms with Gasteiger partial charge in [-0.1, -0.05) is 6.07 Å². The number of pyridine rings is 3. The van der Waals surface area contributed by atoms with Gasteiger partial charge in [0.25, 0.3) is 5.56 Å². The lowest BCUT2D eigenvalue weighted by molar-refractivity contribution is -0.141. The van der Waals surface area contributed by atoms with E-state index in [0.717, 1.165) is 55.1 Å². The number of alkyl halides is 3. The van der Waals surface area contributed by atoms with Crippen LogP contribution in [0.1, 0.15) is 25.5 Å². The van der Waals surface area contributed by atoms with Crippen LogP contribution in [0.15, 0.2) is 53.6 Å². The van der Waals surface area contributed by atoms with E-state index < -0.39 is 11.9 Å². The number of fused-ring (bicyclic) bond motifs is 1. The Kier molecular flexibility index (Phi) is 6.33. The van der Waals surface area contributed by atoms with Crippen LogP contribution in [0.5, 0.6) is 0 Å². The van der Waals surface area contributed by atoms with Crippen molar-refractivity contribution in [3.8, 4) is 0 Å². The first-order chi connectivity index (χ1) is 14.9. The Bertz CT molecular complexity index is 1080. The van der Waals surface area contributed by atoms with Crippen molar-refractivity contribution in [2.24, 2.45) is 0 Å². The molecule has 9 heteroatoms. The van der Waals surface area contributed by atoms with E-state index in [4.69, 9.17) is 0 Å². The first-order valence-electron chi connectivity index (χ1n) is 10.3. The van der Waals surface area contributed by atoms with Gasteiger partial charge >= 0.3 is 6.18 Å². The van der Waals surface area contributed by atoms with Gasteiger partial charge in [0.2, 0.25) is 0 Å². The molecule has 0 atom stereocenters. The summed E-state index contributed by atoms with van der Waals surface area (Å²) in [6.07, 6.45) is 0.476. The van der Waals surface area contributed by atoms with Crippen molar-refractivity contribution in [3.05, 3.63) is 70.4 Å². The molecular weight excluding hydrogens is 407 g/mol. The molecule has 1 aliphatic rings. The van der Waals surface area contributed by atoms with E-state index in [-0.39, 0.29) is 6.99 Å². The SMILES string of the molecule is O=c1ccc2ncccc2n1CCN1CCC(NCc2ccc(C(F)(F)F)nc2)CC1.[HH]. The summed E-state index contributed by atoms with van der Waals surface area (Å²) in [5, 5.41) is 3.41. The number of nitrogens with zero attached hydrogens (tertiary/aromatic N) is 4. The predicted octanol–water partition coefficient (Wildman–Crippen LogP) is 3.31. The zero-order chi connectivity index (χ0) is 21.8. The molecule has 1 N–H and O–H groups in total. The summed E-state index contributed by atoms with van der Waals surface area (Å²) < 4.78 is 39.6. The number of aromatic nitrogens is 3. The average molecular weight is 433 g/mol. The van der Waals surface area contributed by atoms with Crippen molar-refractivity contribution in [2.75, 3.05) is 19.6 Å². The molecule has 1 fully saturated rings. The zero-order valence-electron chi connectivity index (χ0n) is 17.0. The Morgan fingerprint density at radius 1 is 1.06 bits per heavy atom. The van der Waals surface area contributed by atoms with E-state index in [1.54, 1.807) is 22.9 Å². The van der Waals surface area contributed by atoms with E-state index in [9.17, 15) is 18.0 Å². The quantitative estimate of drug-likeness (QED) is 0.646. The fraction of sp³-hybridized carbons (Fsp3) is 0.409. The third kappa shape index (κ3) is 5.29. The van der Waals surface area contributed by atoms with Crippen LogP contribution < -0.4 is 10.9 Å². The Hall–Kier alpha value is -2.78. The molecule has 3 aromatic heterocycles. The highest BCUT2D eigenvalue weighted by atomic mass is 19.4. The van der Waals surface area contributed by atoms with Gasteiger partial charge in [-0.05, 0) is 55.8 Å². The molecule has 0 spiro atoms. The highest BCUT2D eigenvalue weighted by molar-refractivity contribution is 5.73. The van der Waals surface area contributed by atoms with Gasteiger partial charge in [-0.2, -0.15) is 13.2 Å². The molecule has 1 saturated heterocycles. The summed E-state index contributed by atoms with van der Waals surface area (Å²) in [5.41, 5.74) is 1.49. The van der Waals surface area contributed by atoms with E-state index in [2.05, 4.69) is 20.2 Å². The van der Waals surface area contributed by atoms with Crippen LogP contribution in [0.2, 0.25) is 0 Å². The third-order valence-corrected chi connectivity index (χ3v) is 5.69. The monoisotopic (exact) mass is 433 g/mol. The second-order valence-electron chi connectivity index (χ2n) is 7.78. The number of nitrogens with one attached hydrogen (secondary N) is 1. The molecule has 0 amide bonds. The van der Waals surface area contributed by atoms with Crippen molar-refractivity contribution in [1.82, 2.24) is 24.8 Å². The third-order valence-electron chi connectivity index (χ3n) is 5.69.